The summed E-state index contributed by atoms with van der Waals surface area (Å²) in [6.07, 6.45) is 7.70. The Morgan fingerprint density at radius 3 is 2.78 bits per heavy atom. The monoisotopic (exact) mass is 365 g/mol. The van der Waals surface area contributed by atoms with Crippen molar-refractivity contribution in [2.45, 2.75) is 38.1 Å². The standard InChI is InChI=1S/C21H23N3O3/c25-20(13-15-9-10-15)24-12-4-7-18(24)21(26)23-17-6-1-2-8-19(17)27-16-5-3-11-22-14-16/h1-3,5-6,8,11,14-15,18H,4,7,9-10,12-13H2,(H,23,26)/t18-/m1/s1. The number of carbonyl (C=O) groups excluding carboxylic acids is 2. The molecular formula is C21H23N3O3. The zero-order valence-corrected chi connectivity index (χ0v) is 15.1. The summed E-state index contributed by atoms with van der Waals surface area (Å²) in [4.78, 5) is 31.1. The molecule has 1 aliphatic carbocycles. The molecule has 2 aromatic rings. The second-order valence-corrected chi connectivity index (χ2v) is 7.17. The lowest BCUT2D eigenvalue weighted by Gasteiger charge is -2.24. The van der Waals surface area contributed by atoms with Crippen molar-refractivity contribution < 1.29 is 14.3 Å². The van der Waals surface area contributed by atoms with Crippen LogP contribution in [0.1, 0.15) is 32.1 Å². The van der Waals surface area contributed by atoms with Gasteiger partial charge in [-0.1, -0.05) is 12.1 Å². The summed E-state index contributed by atoms with van der Waals surface area (Å²) in [6, 6.07) is 10.5. The lowest BCUT2D eigenvalue weighted by atomic mass is 10.1. The van der Waals surface area contributed by atoms with Crippen LogP contribution in [0, 0.1) is 5.92 Å². The van der Waals surface area contributed by atoms with Gasteiger partial charge in [0, 0.05) is 19.2 Å². The summed E-state index contributed by atoms with van der Waals surface area (Å²) in [5.74, 6) is 1.62. The molecule has 0 radical (unpaired) electrons. The summed E-state index contributed by atoms with van der Waals surface area (Å²) in [5, 5.41) is 2.95. The van der Waals surface area contributed by atoms with Gasteiger partial charge in [0.1, 0.15) is 11.8 Å². The van der Waals surface area contributed by atoms with E-state index in [9.17, 15) is 9.59 Å². The summed E-state index contributed by atoms with van der Waals surface area (Å²) in [5.41, 5.74) is 0.591. The number of ether oxygens (including phenoxy) is 1. The van der Waals surface area contributed by atoms with Crippen molar-refractivity contribution in [2.75, 3.05) is 11.9 Å². The van der Waals surface area contributed by atoms with Crippen molar-refractivity contribution >= 4 is 17.5 Å². The molecule has 2 amide bonds. The molecule has 1 atom stereocenters. The highest BCUT2D eigenvalue weighted by Gasteiger charge is 2.36. The highest BCUT2D eigenvalue weighted by molar-refractivity contribution is 5.98. The van der Waals surface area contributed by atoms with Gasteiger partial charge in [0.2, 0.25) is 11.8 Å². The van der Waals surface area contributed by atoms with Gasteiger partial charge in [0.15, 0.2) is 5.75 Å². The van der Waals surface area contributed by atoms with Gasteiger partial charge in [0.25, 0.3) is 0 Å². The predicted octanol–water partition coefficient (Wildman–Crippen LogP) is 3.60. The molecule has 140 valence electrons. The fourth-order valence-electron chi connectivity index (χ4n) is 3.43. The van der Waals surface area contributed by atoms with Gasteiger partial charge in [-0.2, -0.15) is 0 Å². The maximum absolute atomic E-state index is 12.9. The number of nitrogens with one attached hydrogen (secondary N) is 1. The molecule has 4 rings (SSSR count). The normalized spacial score (nSPS) is 19.0. The topological polar surface area (TPSA) is 71.5 Å². The fraction of sp³-hybridized carbons (Fsp3) is 0.381. The van der Waals surface area contributed by atoms with E-state index >= 15 is 0 Å². The van der Waals surface area contributed by atoms with Crippen LogP contribution in [0.25, 0.3) is 0 Å². The molecule has 0 unspecified atom stereocenters. The number of nitrogens with zero attached hydrogens (tertiary/aromatic N) is 2. The van der Waals surface area contributed by atoms with E-state index in [0.29, 0.717) is 42.5 Å². The number of pyridine rings is 1. The van der Waals surface area contributed by atoms with Crippen LogP contribution in [0.4, 0.5) is 5.69 Å². The molecule has 0 bridgehead atoms. The van der Waals surface area contributed by atoms with Crippen molar-refractivity contribution in [3.05, 3.63) is 48.8 Å². The molecule has 6 heteroatoms. The molecule has 1 aliphatic heterocycles. The first-order valence-electron chi connectivity index (χ1n) is 9.48. The Kier molecular flexibility index (Phi) is 5.05. The number of benzene rings is 1. The van der Waals surface area contributed by atoms with Gasteiger partial charge >= 0.3 is 0 Å². The Morgan fingerprint density at radius 1 is 1.15 bits per heavy atom. The molecule has 1 saturated carbocycles. The molecule has 27 heavy (non-hydrogen) atoms. The Balaban J connectivity index is 1.45. The molecular weight excluding hydrogens is 342 g/mol. The van der Waals surface area contributed by atoms with Crippen molar-refractivity contribution in [2.24, 2.45) is 5.92 Å². The van der Waals surface area contributed by atoms with Gasteiger partial charge in [-0.3, -0.25) is 14.6 Å². The molecule has 0 spiro atoms. The Morgan fingerprint density at radius 2 is 2.00 bits per heavy atom. The third-order valence-corrected chi connectivity index (χ3v) is 5.04. The second kappa shape index (κ2) is 7.78. The Hall–Kier alpha value is -2.89. The van der Waals surface area contributed by atoms with E-state index in [1.165, 1.54) is 0 Å². The van der Waals surface area contributed by atoms with Gasteiger partial charge < -0.3 is 15.0 Å². The highest BCUT2D eigenvalue weighted by Crippen LogP contribution is 2.34. The van der Waals surface area contributed by atoms with Gasteiger partial charge in [-0.25, -0.2) is 0 Å². The molecule has 2 aliphatic rings. The number of rotatable bonds is 6. The number of likely N-dealkylation sites (tertiary alicyclic amines) is 1. The number of para-hydroxylation sites is 2. The highest BCUT2D eigenvalue weighted by atomic mass is 16.5. The fourth-order valence-corrected chi connectivity index (χ4v) is 3.43. The van der Waals surface area contributed by atoms with Gasteiger partial charge in [-0.15, -0.1) is 0 Å². The van der Waals surface area contributed by atoms with Crippen molar-refractivity contribution in [3.63, 3.8) is 0 Å². The SMILES string of the molecule is O=C(Nc1ccccc1Oc1cccnc1)[C@H]1CCCN1C(=O)CC1CC1. The van der Waals surface area contributed by atoms with E-state index in [-0.39, 0.29) is 11.8 Å². The van der Waals surface area contributed by atoms with Crippen LogP contribution in [-0.2, 0) is 9.59 Å². The van der Waals surface area contributed by atoms with Crippen LogP contribution in [0.15, 0.2) is 48.8 Å². The van der Waals surface area contributed by atoms with Crippen LogP contribution < -0.4 is 10.1 Å². The second-order valence-electron chi connectivity index (χ2n) is 7.17. The van der Waals surface area contributed by atoms with Crippen LogP contribution in [0.5, 0.6) is 11.5 Å². The average Bonchev–Trinajstić information content (AvgIpc) is 3.35. The van der Waals surface area contributed by atoms with Crippen molar-refractivity contribution in [1.29, 1.82) is 0 Å². The Labute approximate surface area is 158 Å². The van der Waals surface area contributed by atoms with Crippen LogP contribution >= 0.6 is 0 Å². The minimum atomic E-state index is -0.400. The summed E-state index contributed by atoms with van der Waals surface area (Å²) in [6.45, 7) is 0.664. The van der Waals surface area contributed by atoms with Gasteiger partial charge in [-0.05, 0) is 55.9 Å². The molecule has 1 aromatic carbocycles. The van der Waals surface area contributed by atoms with Crippen LogP contribution in [0.2, 0.25) is 0 Å². The number of hydrogen-bond donors (Lipinski definition) is 1. The quantitative estimate of drug-likeness (QED) is 0.849. The minimum Gasteiger partial charge on any atom is -0.454 e. The Bertz CT molecular complexity index is 820. The maximum Gasteiger partial charge on any atom is 0.247 e. The number of amides is 2. The zero-order chi connectivity index (χ0) is 18.6. The van der Waals surface area contributed by atoms with Crippen LogP contribution in [-0.4, -0.2) is 34.3 Å². The lowest BCUT2D eigenvalue weighted by Crippen LogP contribution is -2.43. The summed E-state index contributed by atoms with van der Waals surface area (Å²) < 4.78 is 5.85. The third-order valence-electron chi connectivity index (χ3n) is 5.04. The van der Waals surface area contributed by atoms with E-state index in [1.807, 2.05) is 12.1 Å². The number of aromatic nitrogens is 1. The van der Waals surface area contributed by atoms with E-state index in [1.54, 1.807) is 41.6 Å². The van der Waals surface area contributed by atoms with E-state index in [0.717, 1.165) is 19.3 Å². The van der Waals surface area contributed by atoms with Crippen molar-refractivity contribution in [1.82, 2.24) is 9.88 Å². The first kappa shape index (κ1) is 17.5. The molecule has 6 nitrogen and oxygen atoms in total. The lowest BCUT2D eigenvalue weighted by molar-refractivity contribution is -0.136. The van der Waals surface area contributed by atoms with E-state index in [4.69, 9.17) is 4.74 Å². The number of carbonyl (C=O) groups is 2. The third kappa shape index (κ3) is 4.27. The van der Waals surface area contributed by atoms with E-state index < -0.39 is 6.04 Å². The molecule has 2 heterocycles. The van der Waals surface area contributed by atoms with Gasteiger partial charge in [0.05, 0.1) is 11.9 Å². The largest absolute Gasteiger partial charge is 0.454 e. The zero-order valence-electron chi connectivity index (χ0n) is 15.1. The number of anilines is 1. The molecule has 1 aromatic heterocycles. The first-order valence-corrected chi connectivity index (χ1v) is 9.48. The van der Waals surface area contributed by atoms with Crippen molar-refractivity contribution in [3.8, 4) is 11.5 Å². The average molecular weight is 365 g/mol. The molecule has 1 N–H and O–H groups in total. The molecule has 2 fully saturated rings. The summed E-state index contributed by atoms with van der Waals surface area (Å²) >= 11 is 0. The molecule has 1 saturated heterocycles. The first-order chi connectivity index (χ1) is 13.2. The minimum absolute atomic E-state index is 0.107. The number of hydrogen-bond acceptors (Lipinski definition) is 4. The smallest absolute Gasteiger partial charge is 0.247 e. The maximum atomic E-state index is 12.9. The van der Waals surface area contributed by atoms with E-state index in [2.05, 4.69) is 10.3 Å². The van der Waals surface area contributed by atoms with Crippen LogP contribution in [0.3, 0.4) is 0 Å². The predicted molar refractivity (Wildman–Crippen MR) is 101 cm³/mol. The summed E-state index contributed by atoms with van der Waals surface area (Å²) in [7, 11) is 0.